The Morgan fingerprint density at radius 1 is 0.950 bits per heavy atom. The average molecular weight is 259 g/mol. The summed E-state index contributed by atoms with van der Waals surface area (Å²) in [4.78, 5) is 4.88. The van der Waals surface area contributed by atoms with Crippen molar-refractivity contribution in [2.45, 2.75) is 27.2 Å². The Morgan fingerprint density at radius 2 is 1.75 bits per heavy atom. The van der Waals surface area contributed by atoms with Gasteiger partial charge < -0.3 is 0 Å². The minimum atomic E-state index is 0.976. The fourth-order valence-electron chi connectivity index (χ4n) is 3.44. The van der Waals surface area contributed by atoms with Crippen LogP contribution in [0.4, 0.5) is 0 Å². The molecule has 1 heteroatoms. The Morgan fingerprint density at radius 3 is 2.60 bits per heavy atom. The number of rotatable bonds is 0. The Kier molecular flexibility index (Phi) is 2.29. The molecule has 0 aliphatic heterocycles. The third kappa shape index (κ3) is 1.46. The van der Waals surface area contributed by atoms with Crippen molar-refractivity contribution < 1.29 is 0 Å². The average Bonchev–Trinajstić information content (AvgIpc) is 2.81. The number of nitrogens with zero attached hydrogens (tertiary/aromatic N) is 1. The molecule has 1 heterocycles. The van der Waals surface area contributed by atoms with Crippen LogP contribution in [0, 0.1) is 20.8 Å². The highest BCUT2D eigenvalue weighted by Crippen LogP contribution is 2.41. The number of aryl methyl sites for hydroxylation is 2. The SMILES string of the molecule is Cc1cc(C)c2c(c1C)Cc1nc3ccccc3cc1-2. The molecule has 0 saturated carbocycles. The van der Waals surface area contributed by atoms with Gasteiger partial charge in [0.25, 0.3) is 0 Å². The highest BCUT2D eigenvalue weighted by Gasteiger charge is 2.24. The first-order valence-electron chi connectivity index (χ1n) is 7.14. The van der Waals surface area contributed by atoms with Gasteiger partial charge in [-0.15, -0.1) is 0 Å². The van der Waals surface area contributed by atoms with Gasteiger partial charge in [-0.3, -0.25) is 4.98 Å². The van der Waals surface area contributed by atoms with E-state index in [1.165, 1.54) is 44.5 Å². The van der Waals surface area contributed by atoms with E-state index in [9.17, 15) is 0 Å². The number of pyridine rings is 1. The van der Waals surface area contributed by atoms with Crippen molar-refractivity contribution >= 4 is 10.9 Å². The van der Waals surface area contributed by atoms with E-state index in [0.717, 1.165) is 11.9 Å². The van der Waals surface area contributed by atoms with E-state index in [0.29, 0.717) is 0 Å². The maximum Gasteiger partial charge on any atom is 0.0705 e. The van der Waals surface area contributed by atoms with E-state index in [-0.39, 0.29) is 0 Å². The summed E-state index contributed by atoms with van der Waals surface area (Å²) in [5.41, 5.74) is 10.7. The van der Waals surface area contributed by atoms with E-state index < -0.39 is 0 Å². The summed E-state index contributed by atoms with van der Waals surface area (Å²) < 4.78 is 0. The zero-order chi connectivity index (χ0) is 13.9. The highest BCUT2D eigenvalue weighted by molar-refractivity contribution is 5.89. The third-order valence-corrected chi connectivity index (χ3v) is 4.59. The molecule has 1 aliphatic rings. The summed E-state index contributed by atoms with van der Waals surface area (Å²) in [6.45, 7) is 6.66. The first-order valence-corrected chi connectivity index (χ1v) is 7.14. The lowest BCUT2D eigenvalue weighted by atomic mass is 9.93. The molecule has 3 aromatic rings. The second-order valence-corrected chi connectivity index (χ2v) is 5.84. The molecule has 1 nitrogen and oxygen atoms in total. The van der Waals surface area contributed by atoms with Gasteiger partial charge in [0.2, 0.25) is 0 Å². The molecule has 0 fully saturated rings. The lowest BCUT2D eigenvalue weighted by Crippen LogP contribution is -1.93. The second-order valence-electron chi connectivity index (χ2n) is 5.84. The van der Waals surface area contributed by atoms with Crippen LogP contribution in [0.5, 0.6) is 0 Å². The van der Waals surface area contributed by atoms with Crippen molar-refractivity contribution in [3.8, 4) is 11.1 Å². The van der Waals surface area contributed by atoms with Gasteiger partial charge in [-0.25, -0.2) is 0 Å². The molecule has 0 spiro atoms. The van der Waals surface area contributed by atoms with Crippen LogP contribution in [0.25, 0.3) is 22.0 Å². The minimum Gasteiger partial charge on any atom is -0.252 e. The Bertz CT molecular complexity index is 859. The van der Waals surface area contributed by atoms with Gasteiger partial charge in [-0.1, -0.05) is 24.3 Å². The maximum atomic E-state index is 4.88. The normalized spacial score (nSPS) is 12.6. The first kappa shape index (κ1) is 11.7. The largest absolute Gasteiger partial charge is 0.252 e. The number of hydrogen-bond donors (Lipinski definition) is 0. The monoisotopic (exact) mass is 259 g/mol. The van der Waals surface area contributed by atoms with Gasteiger partial charge in [0, 0.05) is 17.4 Å². The Hall–Kier alpha value is -2.15. The predicted molar refractivity (Wildman–Crippen MR) is 84.2 cm³/mol. The molecular formula is C19H17N. The molecule has 0 bridgehead atoms. The molecule has 1 aliphatic carbocycles. The van der Waals surface area contributed by atoms with Crippen molar-refractivity contribution in [1.29, 1.82) is 0 Å². The fourth-order valence-corrected chi connectivity index (χ4v) is 3.44. The van der Waals surface area contributed by atoms with E-state index in [2.05, 4.69) is 57.2 Å². The van der Waals surface area contributed by atoms with Crippen molar-refractivity contribution in [3.63, 3.8) is 0 Å². The van der Waals surface area contributed by atoms with E-state index in [1.807, 2.05) is 0 Å². The molecule has 0 radical (unpaired) electrons. The van der Waals surface area contributed by atoms with Gasteiger partial charge in [0.1, 0.15) is 0 Å². The van der Waals surface area contributed by atoms with E-state index >= 15 is 0 Å². The standard InChI is InChI=1S/C19H17N/c1-11-8-12(2)19-15(13(11)3)10-18-16(19)9-14-6-4-5-7-17(14)20-18/h4-9H,10H2,1-3H3. The topological polar surface area (TPSA) is 12.9 Å². The minimum absolute atomic E-state index is 0.976. The molecule has 4 rings (SSSR count). The molecule has 0 saturated heterocycles. The zero-order valence-corrected chi connectivity index (χ0v) is 12.1. The lowest BCUT2D eigenvalue weighted by Gasteiger charge is -2.11. The van der Waals surface area contributed by atoms with Crippen molar-refractivity contribution in [3.05, 3.63) is 64.3 Å². The number of hydrogen-bond acceptors (Lipinski definition) is 1. The Labute approximate surface area is 119 Å². The van der Waals surface area contributed by atoms with Gasteiger partial charge in [0.15, 0.2) is 0 Å². The number of fused-ring (bicyclic) bond motifs is 4. The van der Waals surface area contributed by atoms with Crippen LogP contribution >= 0.6 is 0 Å². The first-order chi connectivity index (χ1) is 9.65. The second kappa shape index (κ2) is 3.92. The molecule has 1 aromatic heterocycles. The number of aromatic nitrogens is 1. The molecule has 20 heavy (non-hydrogen) atoms. The van der Waals surface area contributed by atoms with Crippen molar-refractivity contribution in [2.75, 3.05) is 0 Å². The van der Waals surface area contributed by atoms with Crippen LogP contribution in [-0.2, 0) is 6.42 Å². The third-order valence-electron chi connectivity index (χ3n) is 4.59. The quantitative estimate of drug-likeness (QED) is 0.445. The van der Waals surface area contributed by atoms with E-state index in [4.69, 9.17) is 4.98 Å². The zero-order valence-electron chi connectivity index (χ0n) is 12.1. The van der Waals surface area contributed by atoms with Crippen LogP contribution < -0.4 is 0 Å². The van der Waals surface area contributed by atoms with Gasteiger partial charge in [-0.05, 0) is 60.7 Å². The summed E-state index contributed by atoms with van der Waals surface area (Å²) in [6.07, 6.45) is 0.976. The van der Waals surface area contributed by atoms with Crippen molar-refractivity contribution in [1.82, 2.24) is 4.98 Å². The summed E-state index contributed by atoms with van der Waals surface area (Å²) in [7, 11) is 0. The van der Waals surface area contributed by atoms with Gasteiger partial charge in [0.05, 0.1) is 11.2 Å². The Balaban J connectivity index is 2.08. The van der Waals surface area contributed by atoms with Crippen LogP contribution in [-0.4, -0.2) is 4.98 Å². The van der Waals surface area contributed by atoms with Crippen LogP contribution in [0.3, 0.4) is 0 Å². The van der Waals surface area contributed by atoms with Crippen LogP contribution in [0.2, 0.25) is 0 Å². The summed E-state index contributed by atoms with van der Waals surface area (Å²) in [5.74, 6) is 0. The van der Waals surface area contributed by atoms with E-state index in [1.54, 1.807) is 0 Å². The molecule has 2 aromatic carbocycles. The predicted octanol–water partition coefficient (Wildman–Crippen LogP) is 4.73. The molecule has 0 atom stereocenters. The molecular weight excluding hydrogens is 242 g/mol. The van der Waals surface area contributed by atoms with Gasteiger partial charge >= 0.3 is 0 Å². The number of benzene rings is 2. The molecule has 0 unspecified atom stereocenters. The highest BCUT2D eigenvalue weighted by atomic mass is 14.7. The van der Waals surface area contributed by atoms with Crippen molar-refractivity contribution in [2.24, 2.45) is 0 Å². The fraction of sp³-hybridized carbons (Fsp3) is 0.211. The summed E-state index contributed by atoms with van der Waals surface area (Å²) >= 11 is 0. The summed E-state index contributed by atoms with van der Waals surface area (Å²) in [6, 6.07) is 13.0. The molecule has 0 amide bonds. The van der Waals surface area contributed by atoms with Crippen LogP contribution in [0.15, 0.2) is 36.4 Å². The molecule has 98 valence electrons. The molecule has 0 N–H and O–H groups in total. The van der Waals surface area contributed by atoms with Crippen LogP contribution in [0.1, 0.15) is 27.9 Å². The maximum absolute atomic E-state index is 4.88. The smallest absolute Gasteiger partial charge is 0.0705 e. The number of para-hydroxylation sites is 1. The lowest BCUT2D eigenvalue weighted by molar-refractivity contribution is 1.12. The summed E-state index contributed by atoms with van der Waals surface area (Å²) in [5, 5.41) is 1.23. The van der Waals surface area contributed by atoms with Gasteiger partial charge in [-0.2, -0.15) is 0 Å².